The number of carboxylic acid groups (broad SMARTS) is 1. The second-order valence-corrected chi connectivity index (χ2v) is 4.64. The maximum atomic E-state index is 12.1. The molecule has 2 amide bonds. The highest BCUT2D eigenvalue weighted by atomic mass is 16.6. The number of aromatic carboxylic acids is 1. The Morgan fingerprint density at radius 3 is 2.81 bits per heavy atom. The van der Waals surface area contributed by atoms with Crippen LogP contribution in [0.1, 0.15) is 10.4 Å². The smallest absolute Gasteiger partial charge is 0.337 e. The number of carbonyl (C=O) groups excluding carboxylic acids is 1. The first-order valence-corrected chi connectivity index (χ1v) is 6.63. The molecule has 1 atom stereocenters. The third-order valence-corrected chi connectivity index (χ3v) is 3.17. The number of anilines is 1. The molecule has 1 saturated heterocycles. The molecule has 7 heteroatoms. The van der Waals surface area contributed by atoms with E-state index >= 15 is 0 Å². The van der Waals surface area contributed by atoms with Crippen molar-refractivity contribution < 1.29 is 24.2 Å². The summed E-state index contributed by atoms with van der Waals surface area (Å²) in [7, 11) is 1.52. The summed E-state index contributed by atoms with van der Waals surface area (Å²) in [4.78, 5) is 24.5. The third-order valence-electron chi connectivity index (χ3n) is 3.17. The Balaban J connectivity index is 1.97. The van der Waals surface area contributed by atoms with Gasteiger partial charge in [0.15, 0.2) is 0 Å². The van der Waals surface area contributed by atoms with Crippen molar-refractivity contribution in [3.8, 4) is 0 Å². The molecule has 1 fully saturated rings. The molecule has 0 spiro atoms. The molecule has 1 aliphatic rings. The Kier molecular flexibility index (Phi) is 5.13. The van der Waals surface area contributed by atoms with Gasteiger partial charge in [-0.05, 0) is 12.1 Å². The number of rotatable bonds is 4. The fourth-order valence-electron chi connectivity index (χ4n) is 2.03. The van der Waals surface area contributed by atoms with Crippen molar-refractivity contribution in [2.24, 2.45) is 0 Å². The molecule has 0 saturated carbocycles. The van der Waals surface area contributed by atoms with Crippen LogP contribution in [-0.2, 0) is 9.47 Å². The third kappa shape index (κ3) is 3.93. The molecule has 1 aromatic carbocycles. The van der Waals surface area contributed by atoms with Crippen molar-refractivity contribution in [2.45, 2.75) is 6.10 Å². The lowest BCUT2D eigenvalue weighted by Crippen LogP contribution is -2.44. The largest absolute Gasteiger partial charge is 0.478 e. The molecular weight excluding hydrogens is 276 g/mol. The van der Waals surface area contributed by atoms with Crippen LogP contribution in [0.3, 0.4) is 0 Å². The zero-order valence-electron chi connectivity index (χ0n) is 11.7. The van der Waals surface area contributed by atoms with Gasteiger partial charge < -0.3 is 19.9 Å². The quantitative estimate of drug-likeness (QED) is 0.863. The minimum absolute atomic E-state index is 0.0763. The standard InChI is InChI=1S/C14H18N2O5/c1-16(12-5-3-2-4-11(12)13(17)18)14(19)15-8-10-9-20-6-7-21-10/h2-5,10H,6-9H2,1H3,(H,15,19)(H,17,18). The normalized spacial score (nSPS) is 18.0. The minimum Gasteiger partial charge on any atom is -0.478 e. The molecule has 1 aliphatic heterocycles. The fourth-order valence-corrected chi connectivity index (χ4v) is 2.03. The Bertz CT molecular complexity index is 514. The van der Waals surface area contributed by atoms with Gasteiger partial charge in [-0.3, -0.25) is 4.90 Å². The monoisotopic (exact) mass is 294 g/mol. The maximum absolute atomic E-state index is 12.1. The zero-order valence-corrected chi connectivity index (χ0v) is 11.7. The molecular formula is C14H18N2O5. The molecule has 2 rings (SSSR count). The van der Waals surface area contributed by atoms with Crippen LogP contribution in [0.25, 0.3) is 0 Å². The van der Waals surface area contributed by atoms with Gasteiger partial charge in [-0.2, -0.15) is 0 Å². The highest BCUT2D eigenvalue weighted by molar-refractivity contribution is 6.01. The molecule has 1 heterocycles. The average molecular weight is 294 g/mol. The number of benzene rings is 1. The lowest BCUT2D eigenvalue weighted by atomic mass is 10.1. The average Bonchev–Trinajstić information content (AvgIpc) is 2.52. The summed E-state index contributed by atoms with van der Waals surface area (Å²) < 4.78 is 10.7. The van der Waals surface area contributed by atoms with E-state index in [0.29, 0.717) is 32.1 Å². The molecule has 21 heavy (non-hydrogen) atoms. The lowest BCUT2D eigenvalue weighted by Gasteiger charge is -2.25. The second-order valence-electron chi connectivity index (χ2n) is 4.64. The molecule has 1 unspecified atom stereocenters. The number of nitrogens with zero attached hydrogens (tertiary/aromatic N) is 1. The summed E-state index contributed by atoms with van der Waals surface area (Å²) in [5.41, 5.74) is 0.413. The molecule has 0 aliphatic carbocycles. The van der Waals surface area contributed by atoms with Gasteiger partial charge in [0.25, 0.3) is 0 Å². The van der Waals surface area contributed by atoms with Crippen molar-refractivity contribution >= 4 is 17.7 Å². The molecule has 0 aromatic heterocycles. The predicted molar refractivity (Wildman–Crippen MR) is 75.8 cm³/mol. The molecule has 2 N–H and O–H groups in total. The number of nitrogens with one attached hydrogen (secondary N) is 1. The van der Waals surface area contributed by atoms with Crippen LogP contribution in [0, 0.1) is 0 Å². The van der Waals surface area contributed by atoms with Gasteiger partial charge in [-0.25, -0.2) is 9.59 Å². The SMILES string of the molecule is CN(C(=O)NCC1COCCO1)c1ccccc1C(=O)O. The topological polar surface area (TPSA) is 88.1 Å². The second kappa shape index (κ2) is 7.05. The molecule has 1 aromatic rings. The Labute approximate surface area is 122 Å². The van der Waals surface area contributed by atoms with Crippen LogP contribution < -0.4 is 10.2 Å². The van der Waals surface area contributed by atoms with Gasteiger partial charge in [0.2, 0.25) is 0 Å². The maximum Gasteiger partial charge on any atom is 0.337 e. The van der Waals surface area contributed by atoms with Gasteiger partial charge in [0.1, 0.15) is 0 Å². The first-order chi connectivity index (χ1) is 10.1. The summed E-state index contributed by atoms with van der Waals surface area (Å²) >= 11 is 0. The van der Waals surface area contributed by atoms with Crippen LogP contribution in [0.4, 0.5) is 10.5 Å². The van der Waals surface area contributed by atoms with E-state index in [0.717, 1.165) is 0 Å². The van der Waals surface area contributed by atoms with Gasteiger partial charge in [-0.1, -0.05) is 12.1 Å². The van der Waals surface area contributed by atoms with Crippen LogP contribution in [-0.4, -0.2) is 56.6 Å². The Morgan fingerprint density at radius 1 is 1.38 bits per heavy atom. The van der Waals surface area contributed by atoms with E-state index in [1.54, 1.807) is 18.2 Å². The molecule has 0 bridgehead atoms. The van der Waals surface area contributed by atoms with E-state index in [-0.39, 0.29) is 11.7 Å². The van der Waals surface area contributed by atoms with Gasteiger partial charge >= 0.3 is 12.0 Å². The number of carbonyl (C=O) groups is 2. The summed E-state index contributed by atoms with van der Waals surface area (Å²) in [6.45, 7) is 1.84. The van der Waals surface area contributed by atoms with Gasteiger partial charge in [0.05, 0.1) is 37.2 Å². The van der Waals surface area contributed by atoms with Crippen LogP contribution in [0.15, 0.2) is 24.3 Å². The number of ether oxygens (including phenoxy) is 2. The van der Waals surface area contributed by atoms with Crippen LogP contribution in [0.5, 0.6) is 0 Å². The Morgan fingerprint density at radius 2 is 2.14 bits per heavy atom. The number of hydrogen-bond acceptors (Lipinski definition) is 4. The highest BCUT2D eigenvalue weighted by Crippen LogP contribution is 2.19. The number of para-hydroxylation sites is 1. The lowest BCUT2D eigenvalue weighted by molar-refractivity contribution is -0.0853. The predicted octanol–water partition coefficient (Wildman–Crippen LogP) is 0.946. The number of carboxylic acids is 1. The van der Waals surface area contributed by atoms with Crippen molar-refractivity contribution in [2.75, 3.05) is 38.3 Å². The Hall–Kier alpha value is -2.12. The highest BCUT2D eigenvalue weighted by Gasteiger charge is 2.20. The van der Waals surface area contributed by atoms with E-state index in [1.165, 1.54) is 18.0 Å². The number of hydrogen-bond donors (Lipinski definition) is 2. The summed E-state index contributed by atoms with van der Waals surface area (Å²) in [5.74, 6) is -1.07. The van der Waals surface area contributed by atoms with Crippen molar-refractivity contribution in [1.82, 2.24) is 5.32 Å². The minimum atomic E-state index is -1.07. The zero-order chi connectivity index (χ0) is 15.2. The van der Waals surface area contributed by atoms with Gasteiger partial charge in [0, 0.05) is 13.6 Å². The van der Waals surface area contributed by atoms with E-state index in [9.17, 15) is 9.59 Å². The van der Waals surface area contributed by atoms with E-state index in [1.807, 2.05) is 0 Å². The molecule has 7 nitrogen and oxygen atoms in total. The van der Waals surface area contributed by atoms with Crippen LogP contribution >= 0.6 is 0 Å². The van der Waals surface area contributed by atoms with E-state index in [4.69, 9.17) is 14.6 Å². The molecule has 0 radical (unpaired) electrons. The summed E-state index contributed by atoms with van der Waals surface area (Å²) in [6.07, 6.45) is -0.175. The van der Waals surface area contributed by atoms with Crippen molar-refractivity contribution in [1.29, 1.82) is 0 Å². The van der Waals surface area contributed by atoms with E-state index in [2.05, 4.69) is 5.32 Å². The summed E-state index contributed by atoms with van der Waals surface area (Å²) in [5, 5.41) is 11.8. The first-order valence-electron chi connectivity index (χ1n) is 6.63. The van der Waals surface area contributed by atoms with Crippen LogP contribution in [0.2, 0.25) is 0 Å². The number of urea groups is 1. The fraction of sp³-hybridized carbons (Fsp3) is 0.429. The number of amides is 2. The first kappa shape index (κ1) is 15.3. The van der Waals surface area contributed by atoms with Crippen molar-refractivity contribution in [3.63, 3.8) is 0 Å². The van der Waals surface area contributed by atoms with Crippen molar-refractivity contribution in [3.05, 3.63) is 29.8 Å². The summed E-state index contributed by atoms with van der Waals surface area (Å²) in [6, 6.07) is 5.95. The van der Waals surface area contributed by atoms with Gasteiger partial charge in [-0.15, -0.1) is 0 Å². The molecule has 114 valence electrons. The van der Waals surface area contributed by atoms with E-state index < -0.39 is 12.0 Å².